The van der Waals surface area contributed by atoms with Crippen LogP contribution < -0.4 is 88.0 Å². The molecule has 32 heteroatoms. The molecule has 0 radical (unpaired) electrons. The summed E-state index contributed by atoms with van der Waals surface area (Å²) in [6.45, 7) is 9.85. The maximum atomic E-state index is 14.7. The summed E-state index contributed by atoms with van der Waals surface area (Å²) in [4.78, 5) is 145. The molecule has 1 heterocycles. The molecule has 0 spiro atoms. The number of H-pyrrole nitrogens is 1. The number of aliphatic hydroxyl groups is 1. The van der Waals surface area contributed by atoms with Crippen molar-refractivity contribution in [3.63, 3.8) is 0 Å². The second kappa shape index (κ2) is 39.0. The van der Waals surface area contributed by atoms with Crippen LogP contribution in [-0.2, 0) is 56.0 Å². The first kappa shape index (κ1) is 74.3. The number of rotatable bonds is 41. The highest BCUT2D eigenvalue weighted by Gasteiger charge is 2.36. The van der Waals surface area contributed by atoms with E-state index in [1.807, 2.05) is 0 Å². The van der Waals surface area contributed by atoms with Crippen molar-refractivity contribution in [2.45, 2.75) is 167 Å². The van der Waals surface area contributed by atoms with Gasteiger partial charge in [0.2, 0.25) is 53.2 Å². The summed E-state index contributed by atoms with van der Waals surface area (Å²) in [5.41, 5.74) is 40.1. The number of aliphatic imine (C=N–C) groups is 3. The van der Waals surface area contributed by atoms with Crippen LogP contribution in [-0.4, -0.2) is 179 Å². The summed E-state index contributed by atoms with van der Waals surface area (Å²) in [5, 5.41) is 44.2. The van der Waals surface area contributed by atoms with E-state index in [9.17, 15) is 53.4 Å². The summed E-state index contributed by atoms with van der Waals surface area (Å²) in [5.74, 6) is -8.79. The quantitative estimate of drug-likeness (QED) is 0.0169. The van der Waals surface area contributed by atoms with E-state index in [2.05, 4.69) is 72.8 Å². The minimum Gasteiger partial charge on any atom is -0.508 e. The number of imidazole rings is 1. The summed E-state index contributed by atoms with van der Waals surface area (Å²) in [6.07, 6.45) is 3.48. The van der Waals surface area contributed by atoms with Crippen molar-refractivity contribution in [2.24, 2.45) is 72.9 Å². The summed E-state index contributed by atoms with van der Waals surface area (Å²) < 4.78 is 0. The van der Waals surface area contributed by atoms with Crippen molar-refractivity contribution in [3.8, 4) is 5.75 Å². The molecule has 1 aromatic carbocycles. The Balaban J connectivity index is 2.57. The summed E-state index contributed by atoms with van der Waals surface area (Å²) >= 11 is 0. The molecule has 26 N–H and O–H groups in total. The number of guanidine groups is 3. The van der Waals surface area contributed by atoms with Gasteiger partial charge in [-0.2, -0.15) is 0 Å². The predicted octanol–water partition coefficient (Wildman–Crippen LogP) is -4.86. The number of amides is 9. The van der Waals surface area contributed by atoms with Gasteiger partial charge in [-0.3, -0.25) is 58.1 Å². The van der Waals surface area contributed by atoms with E-state index < -0.39 is 114 Å². The van der Waals surface area contributed by atoms with Crippen LogP contribution in [0.1, 0.15) is 111 Å². The highest BCUT2D eigenvalue weighted by Crippen LogP contribution is 2.15. The Morgan fingerprint density at radius 1 is 0.517 bits per heavy atom. The zero-order chi connectivity index (χ0) is 65.3. The zero-order valence-corrected chi connectivity index (χ0v) is 50.9. The minimum absolute atomic E-state index is 0.00336. The summed E-state index contributed by atoms with van der Waals surface area (Å²) in [6, 6.07) is -5.46. The third-order valence-electron chi connectivity index (χ3n) is 13.7. The van der Waals surface area contributed by atoms with Gasteiger partial charge in [-0.15, -0.1) is 0 Å². The third kappa shape index (κ3) is 28.8. The van der Waals surface area contributed by atoms with Gasteiger partial charge in [0.15, 0.2) is 17.9 Å². The number of hydrogen-bond acceptors (Lipinski definition) is 16. The number of nitrogens with zero attached hydrogens (tertiary/aromatic N) is 4. The van der Waals surface area contributed by atoms with Gasteiger partial charge in [0.05, 0.1) is 19.0 Å². The van der Waals surface area contributed by atoms with Crippen LogP contribution in [0.4, 0.5) is 0 Å². The molecule has 0 aliphatic carbocycles. The molecular formula is C55H95N21O11. The number of aromatic hydroxyl groups is 1. The van der Waals surface area contributed by atoms with E-state index in [-0.39, 0.29) is 125 Å². The first-order valence-corrected chi connectivity index (χ1v) is 29.0. The average molecular weight is 1230 g/mol. The fraction of sp³-hybridized carbons (Fsp3) is 0.618. The molecule has 0 unspecified atom stereocenters. The zero-order valence-electron chi connectivity index (χ0n) is 50.9. The Labute approximate surface area is 507 Å². The number of primary amides is 1. The highest BCUT2D eigenvalue weighted by molar-refractivity contribution is 5.98. The first-order valence-electron chi connectivity index (χ1n) is 29.0. The van der Waals surface area contributed by atoms with Crippen molar-refractivity contribution >= 4 is 71.0 Å². The number of carbonyl (C=O) groups excluding carboxylic acids is 9. The van der Waals surface area contributed by atoms with E-state index in [4.69, 9.17) is 40.1 Å². The molecule has 0 saturated carbocycles. The Morgan fingerprint density at radius 3 is 1.24 bits per heavy atom. The number of aromatic amines is 1. The lowest BCUT2D eigenvalue weighted by molar-refractivity contribution is -0.136. The van der Waals surface area contributed by atoms with Gasteiger partial charge in [0.25, 0.3) is 0 Å². The normalized spacial score (nSPS) is 14.6. The largest absolute Gasteiger partial charge is 0.508 e. The van der Waals surface area contributed by atoms with Gasteiger partial charge in [-0.1, -0.05) is 60.1 Å². The molecule has 1 aromatic heterocycles. The highest BCUT2D eigenvalue weighted by atomic mass is 16.3. The van der Waals surface area contributed by atoms with Gasteiger partial charge in [-0.05, 0) is 100 Å². The van der Waals surface area contributed by atoms with Crippen LogP contribution >= 0.6 is 0 Å². The van der Waals surface area contributed by atoms with Crippen LogP contribution in [0.3, 0.4) is 0 Å². The lowest BCUT2D eigenvalue weighted by Crippen LogP contribution is -2.61. The molecule has 0 bridgehead atoms. The van der Waals surface area contributed by atoms with E-state index in [0.29, 0.717) is 17.7 Å². The Hall–Kier alpha value is -8.81. The number of aliphatic hydroxyl groups excluding tert-OH is 1. The topological polar surface area (TPSA) is 550 Å². The number of nitrogens with one attached hydrogen (secondary N) is 10. The molecule has 0 aliphatic rings. The monoisotopic (exact) mass is 1230 g/mol. The second-order valence-corrected chi connectivity index (χ2v) is 22.0. The minimum atomic E-state index is -1.54. The number of carbonyl (C=O) groups is 9. The van der Waals surface area contributed by atoms with Crippen molar-refractivity contribution in [1.82, 2.24) is 57.8 Å². The molecule has 10 atom stereocenters. The maximum Gasteiger partial charge on any atom is 0.245 e. The number of phenols is 1. The number of hydrogen-bond donors (Lipinski definition) is 19. The number of nitrogens with two attached hydrogens (primary N) is 7. The van der Waals surface area contributed by atoms with Crippen LogP contribution in [0.15, 0.2) is 51.8 Å². The van der Waals surface area contributed by atoms with Crippen molar-refractivity contribution < 1.29 is 53.4 Å². The smallest absolute Gasteiger partial charge is 0.245 e. The lowest BCUT2D eigenvalue weighted by atomic mass is 9.98. The number of benzene rings is 1. The maximum absolute atomic E-state index is 14.7. The molecular weight excluding hydrogens is 1130 g/mol. The fourth-order valence-electron chi connectivity index (χ4n) is 8.83. The Morgan fingerprint density at radius 2 is 0.885 bits per heavy atom. The molecule has 0 fully saturated rings. The van der Waals surface area contributed by atoms with Crippen LogP contribution in [0.25, 0.3) is 0 Å². The lowest BCUT2D eigenvalue weighted by Gasteiger charge is -2.29. The van der Waals surface area contributed by atoms with Crippen molar-refractivity contribution in [3.05, 3.63) is 48.0 Å². The molecule has 9 amide bonds. The molecule has 2 aromatic rings. The second-order valence-electron chi connectivity index (χ2n) is 22.0. The van der Waals surface area contributed by atoms with E-state index in [0.717, 1.165) is 0 Å². The van der Waals surface area contributed by atoms with Gasteiger partial charge >= 0.3 is 0 Å². The SMILES string of the molecule is CC[C@H](C)[C@H](NC(=O)[C@H](CO)NC(=O)[C@H](CC(C)C)NC(=O)[C@H](CC(C)C)NC(=O)[C@H](CCCN=C(N)N)NC(=O)[C@H](CCCN=C(N)N)NC(=O)[C@H](Cc1cnc[nH]1)NC(=O)[C@H](CCCN=C(N)N)NC(=O)[C@H](Cc1ccc(O)cc1)NC)C(N)=O. The molecule has 0 saturated heterocycles. The van der Waals surface area contributed by atoms with Crippen molar-refractivity contribution in [2.75, 3.05) is 33.3 Å². The van der Waals surface area contributed by atoms with Crippen molar-refractivity contribution in [1.29, 1.82) is 0 Å². The molecule has 486 valence electrons. The van der Waals surface area contributed by atoms with Crippen LogP contribution in [0.5, 0.6) is 5.75 Å². The van der Waals surface area contributed by atoms with E-state index in [1.165, 1.54) is 24.7 Å². The van der Waals surface area contributed by atoms with E-state index >= 15 is 0 Å². The van der Waals surface area contributed by atoms with Gasteiger partial charge < -0.3 is 103 Å². The van der Waals surface area contributed by atoms with Crippen LogP contribution in [0, 0.1) is 17.8 Å². The van der Waals surface area contributed by atoms with Gasteiger partial charge in [0, 0.05) is 37.9 Å². The predicted molar refractivity (Wildman–Crippen MR) is 327 cm³/mol. The fourth-order valence-corrected chi connectivity index (χ4v) is 8.83. The standard InChI is InChI=1S/C55H95N21O11/c1-8-31(6)43(44(56)79)76-52(87)42(27-77)75-50(85)40(23-30(4)5)73-49(84)39(22-29(2)3)72-46(81)36(13-10-20-66-54(59)60)69-45(80)35(12-9-19-65-53(57)58)71-51(86)41(25-33-26-64-28-68-33)74-47(82)37(14-11-21-67-55(61)62)70-48(83)38(63-7)24-32-15-17-34(78)18-16-32/h15-18,26,28-31,35-43,63,77-78H,8-14,19-25,27H2,1-7H3,(H2,56,79)(H,64,68)(H,69,80)(H,70,83)(H,71,86)(H,72,81)(H,73,84)(H,74,82)(H,75,85)(H,76,87)(H4,57,58,65)(H4,59,60,66)(H4,61,62,67)/t31-,35-,36-,37-,38-,39-,40-,41-,42-,43-/m0/s1. The molecule has 32 nitrogen and oxygen atoms in total. The Bertz CT molecular complexity index is 2610. The third-order valence-corrected chi connectivity index (χ3v) is 13.7. The molecule has 87 heavy (non-hydrogen) atoms. The number of likely N-dealkylation sites (N-methyl/N-ethyl adjacent to an activating group) is 1. The number of phenolic OH excluding ortho intramolecular Hbond substituents is 1. The average Bonchev–Trinajstić information content (AvgIpc) is 4.14. The molecule has 2 rings (SSSR count). The Kier molecular flexibility index (Phi) is 33.3. The summed E-state index contributed by atoms with van der Waals surface area (Å²) in [7, 11) is 1.56. The first-order chi connectivity index (χ1) is 41.1. The number of aromatic nitrogens is 2. The van der Waals surface area contributed by atoms with Gasteiger partial charge in [-0.25, -0.2) is 4.98 Å². The molecule has 0 aliphatic heterocycles. The van der Waals surface area contributed by atoms with Gasteiger partial charge in [0.1, 0.15) is 54.1 Å². The van der Waals surface area contributed by atoms with E-state index in [1.54, 1.807) is 60.7 Å². The van der Waals surface area contributed by atoms with Crippen LogP contribution in [0.2, 0.25) is 0 Å².